The monoisotopic (exact) mass is 475 g/mol. The van der Waals surface area contributed by atoms with Gasteiger partial charge in [0.1, 0.15) is 5.76 Å². The Hall–Kier alpha value is -3.59. The van der Waals surface area contributed by atoms with Gasteiger partial charge in [-0.2, -0.15) is 18.2 Å². The van der Waals surface area contributed by atoms with Crippen molar-refractivity contribution in [3.05, 3.63) is 94.7 Å². The summed E-state index contributed by atoms with van der Waals surface area (Å²) >= 11 is 6.19. The van der Waals surface area contributed by atoms with E-state index in [9.17, 15) is 18.0 Å². The van der Waals surface area contributed by atoms with E-state index in [0.717, 1.165) is 12.1 Å². The highest BCUT2D eigenvalue weighted by atomic mass is 35.5. The van der Waals surface area contributed by atoms with Gasteiger partial charge in [0, 0.05) is 18.5 Å². The summed E-state index contributed by atoms with van der Waals surface area (Å²) in [6.07, 6.45) is -2.68. The van der Waals surface area contributed by atoms with E-state index >= 15 is 0 Å². The molecule has 0 bridgehead atoms. The van der Waals surface area contributed by atoms with Crippen molar-refractivity contribution in [3.8, 4) is 11.4 Å². The molecule has 0 aliphatic rings. The number of alkyl halides is 3. The second kappa shape index (κ2) is 9.50. The van der Waals surface area contributed by atoms with Crippen molar-refractivity contribution in [2.24, 2.45) is 0 Å². The third-order valence-electron chi connectivity index (χ3n) is 4.85. The van der Waals surface area contributed by atoms with Gasteiger partial charge >= 0.3 is 6.18 Å². The van der Waals surface area contributed by atoms with Crippen molar-refractivity contribution >= 4 is 17.5 Å². The van der Waals surface area contributed by atoms with Crippen molar-refractivity contribution in [1.29, 1.82) is 0 Å². The zero-order valence-electron chi connectivity index (χ0n) is 17.1. The summed E-state index contributed by atoms with van der Waals surface area (Å²) in [4.78, 5) is 18.9. The largest absolute Gasteiger partial charge is 0.467 e. The van der Waals surface area contributed by atoms with E-state index in [4.69, 9.17) is 20.5 Å². The van der Waals surface area contributed by atoms with Gasteiger partial charge < -0.3 is 13.8 Å². The molecule has 0 saturated heterocycles. The summed E-state index contributed by atoms with van der Waals surface area (Å²) in [5.74, 6) is 0.695. The van der Waals surface area contributed by atoms with E-state index < -0.39 is 11.7 Å². The maximum absolute atomic E-state index is 13.1. The first-order chi connectivity index (χ1) is 15.8. The molecular weight excluding hydrogens is 459 g/mol. The fraction of sp³-hybridized carbons (Fsp3) is 0.174. The Bertz CT molecular complexity index is 1220. The number of amides is 1. The fourth-order valence-electron chi connectivity index (χ4n) is 3.16. The Morgan fingerprint density at radius 1 is 1.03 bits per heavy atom. The van der Waals surface area contributed by atoms with Gasteiger partial charge in [-0.15, -0.1) is 0 Å². The van der Waals surface area contributed by atoms with Crippen LogP contribution in [0.2, 0.25) is 5.02 Å². The fourth-order valence-corrected chi connectivity index (χ4v) is 3.38. The molecule has 2 aromatic carbocycles. The van der Waals surface area contributed by atoms with Crippen LogP contribution in [-0.2, 0) is 19.1 Å². The van der Waals surface area contributed by atoms with Crippen LogP contribution in [0.5, 0.6) is 0 Å². The van der Waals surface area contributed by atoms with Crippen molar-refractivity contribution in [1.82, 2.24) is 15.0 Å². The summed E-state index contributed by atoms with van der Waals surface area (Å²) < 4.78 is 48.9. The Morgan fingerprint density at radius 3 is 2.45 bits per heavy atom. The molecule has 33 heavy (non-hydrogen) atoms. The lowest BCUT2D eigenvalue weighted by Crippen LogP contribution is -2.32. The second-order valence-electron chi connectivity index (χ2n) is 7.12. The second-order valence-corrected chi connectivity index (χ2v) is 7.53. The molecular formula is C23H17ClF3N3O3. The third kappa shape index (κ3) is 5.43. The number of aromatic nitrogens is 2. The van der Waals surface area contributed by atoms with Gasteiger partial charge in [-0.05, 0) is 36.4 Å². The van der Waals surface area contributed by atoms with Crippen molar-refractivity contribution < 1.29 is 26.9 Å². The highest BCUT2D eigenvalue weighted by molar-refractivity contribution is 6.33. The molecule has 1 amide bonds. The summed E-state index contributed by atoms with van der Waals surface area (Å²) in [6, 6.07) is 14.7. The zero-order chi connectivity index (χ0) is 23.4. The maximum atomic E-state index is 13.1. The Morgan fingerprint density at radius 2 is 1.79 bits per heavy atom. The molecule has 10 heteroatoms. The van der Waals surface area contributed by atoms with Crippen LogP contribution in [0, 0.1) is 0 Å². The average Bonchev–Trinajstić information content (AvgIpc) is 3.48. The third-order valence-corrected chi connectivity index (χ3v) is 5.18. The molecule has 0 fully saturated rings. The Balaban J connectivity index is 1.48. The van der Waals surface area contributed by atoms with Gasteiger partial charge in [-0.25, -0.2) is 0 Å². The number of halogens is 4. The SMILES string of the molecule is O=C(c1ccccc1Cl)N(CCc1nc(-c2ccc(C(F)(F)F)cc2)no1)Cc1ccco1. The van der Waals surface area contributed by atoms with Crippen LogP contribution < -0.4 is 0 Å². The van der Waals surface area contributed by atoms with E-state index in [1.165, 1.54) is 18.4 Å². The van der Waals surface area contributed by atoms with E-state index in [1.807, 2.05) is 0 Å². The van der Waals surface area contributed by atoms with Crippen molar-refractivity contribution in [2.45, 2.75) is 19.1 Å². The van der Waals surface area contributed by atoms with Gasteiger partial charge in [-0.1, -0.05) is 41.0 Å². The predicted molar refractivity (Wildman–Crippen MR) is 113 cm³/mol. The van der Waals surface area contributed by atoms with E-state index in [0.29, 0.717) is 21.9 Å². The van der Waals surface area contributed by atoms with Crippen LogP contribution in [0.3, 0.4) is 0 Å². The maximum Gasteiger partial charge on any atom is 0.416 e. The number of nitrogens with zero attached hydrogens (tertiary/aromatic N) is 3. The first kappa shape index (κ1) is 22.6. The lowest BCUT2D eigenvalue weighted by Gasteiger charge is -2.21. The first-order valence-corrected chi connectivity index (χ1v) is 10.3. The molecule has 170 valence electrons. The number of hydrogen-bond acceptors (Lipinski definition) is 5. The Kier molecular flexibility index (Phi) is 6.50. The minimum absolute atomic E-state index is 0.161. The minimum atomic E-state index is -4.42. The summed E-state index contributed by atoms with van der Waals surface area (Å²) in [5, 5.41) is 4.17. The van der Waals surface area contributed by atoms with Crippen LogP contribution in [0.15, 0.2) is 75.9 Å². The molecule has 0 aliphatic heterocycles. The zero-order valence-corrected chi connectivity index (χ0v) is 17.8. The van der Waals surface area contributed by atoms with Crippen LogP contribution in [-0.4, -0.2) is 27.5 Å². The molecule has 0 atom stereocenters. The number of carbonyl (C=O) groups excluding carboxylic acids is 1. The molecule has 2 aromatic heterocycles. The van der Waals surface area contributed by atoms with E-state index in [-0.39, 0.29) is 37.1 Å². The number of hydrogen-bond donors (Lipinski definition) is 0. The molecule has 2 heterocycles. The first-order valence-electron chi connectivity index (χ1n) is 9.87. The van der Waals surface area contributed by atoms with Gasteiger partial charge in [-0.3, -0.25) is 4.79 Å². The quantitative estimate of drug-likeness (QED) is 0.333. The number of rotatable bonds is 7. The van der Waals surface area contributed by atoms with Gasteiger partial charge in [0.2, 0.25) is 11.7 Å². The number of carbonyl (C=O) groups is 1. The average molecular weight is 476 g/mol. The van der Waals surface area contributed by atoms with Crippen LogP contribution in [0.1, 0.15) is 27.6 Å². The van der Waals surface area contributed by atoms with Crippen molar-refractivity contribution in [3.63, 3.8) is 0 Å². The lowest BCUT2D eigenvalue weighted by molar-refractivity contribution is -0.137. The standard InChI is InChI=1S/C23H17ClF3N3O3/c24-19-6-2-1-5-18(19)22(31)30(14-17-4-3-13-32-17)12-11-20-28-21(29-33-20)15-7-9-16(10-8-15)23(25,26)27/h1-10,13H,11-12,14H2. The molecule has 0 saturated carbocycles. The van der Waals surface area contributed by atoms with Crippen molar-refractivity contribution in [2.75, 3.05) is 6.54 Å². The molecule has 0 unspecified atom stereocenters. The van der Waals surface area contributed by atoms with E-state index in [2.05, 4.69) is 10.1 Å². The normalized spacial score (nSPS) is 11.5. The van der Waals surface area contributed by atoms with Gasteiger partial charge in [0.25, 0.3) is 5.91 Å². The number of benzene rings is 2. The molecule has 4 rings (SSSR count). The predicted octanol–water partition coefficient (Wildman–Crippen LogP) is 5.89. The topological polar surface area (TPSA) is 72.4 Å². The van der Waals surface area contributed by atoms with Crippen LogP contribution in [0.25, 0.3) is 11.4 Å². The highest BCUT2D eigenvalue weighted by Crippen LogP contribution is 2.30. The molecule has 4 aromatic rings. The van der Waals surface area contributed by atoms with E-state index in [1.54, 1.807) is 41.3 Å². The van der Waals surface area contributed by atoms with Gasteiger partial charge in [0.05, 0.1) is 29.0 Å². The van der Waals surface area contributed by atoms with Crippen LogP contribution in [0.4, 0.5) is 13.2 Å². The molecule has 0 aliphatic carbocycles. The minimum Gasteiger partial charge on any atom is -0.467 e. The molecule has 6 nitrogen and oxygen atoms in total. The summed E-state index contributed by atoms with van der Waals surface area (Å²) in [7, 11) is 0. The Labute approximate surface area is 191 Å². The smallest absolute Gasteiger partial charge is 0.416 e. The number of furan rings is 1. The lowest BCUT2D eigenvalue weighted by atomic mass is 10.1. The molecule has 0 N–H and O–H groups in total. The molecule has 0 spiro atoms. The highest BCUT2D eigenvalue weighted by Gasteiger charge is 2.30. The summed E-state index contributed by atoms with van der Waals surface area (Å²) in [5.41, 5.74) is -0.0269. The van der Waals surface area contributed by atoms with Gasteiger partial charge in [0.15, 0.2) is 0 Å². The van der Waals surface area contributed by atoms with Crippen LogP contribution >= 0.6 is 11.6 Å². The summed E-state index contributed by atoms with van der Waals surface area (Å²) in [6.45, 7) is 0.427. The molecule has 0 radical (unpaired) electrons.